The van der Waals surface area contributed by atoms with Gasteiger partial charge in [-0.25, -0.2) is 0 Å². The lowest BCUT2D eigenvalue weighted by Crippen LogP contribution is -2.33. The van der Waals surface area contributed by atoms with Gasteiger partial charge in [-0.3, -0.25) is 4.79 Å². The molecule has 1 fully saturated rings. The molecule has 0 bridgehead atoms. The number of nitrogens with one attached hydrogen (secondary N) is 1. The van der Waals surface area contributed by atoms with Crippen LogP contribution in [0.5, 0.6) is 5.75 Å². The smallest absolute Gasteiger partial charge is 0.233 e. The van der Waals surface area contributed by atoms with Crippen LogP contribution in [-0.2, 0) is 11.3 Å². The molecule has 1 aromatic rings. The van der Waals surface area contributed by atoms with E-state index in [-0.39, 0.29) is 11.2 Å². The van der Waals surface area contributed by atoms with E-state index in [4.69, 9.17) is 17.0 Å². The molecule has 22 heavy (non-hydrogen) atoms. The number of benzene rings is 1. The van der Waals surface area contributed by atoms with Crippen LogP contribution in [0.4, 0.5) is 0 Å². The number of carbonyl (C=O) groups excluding carboxylic acids is 1. The van der Waals surface area contributed by atoms with Crippen molar-refractivity contribution in [1.82, 2.24) is 10.2 Å². The van der Waals surface area contributed by atoms with Crippen molar-refractivity contribution in [3.8, 4) is 5.75 Å². The van der Waals surface area contributed by atoms with Crippen LogP contribution in [0, 0.1) is 0 Å². The Morgan fingerprint density at radius 1 is 1.41 bits per heavy atom. The molecule has 2 rings (SSSR count). The number of thiocarbonyl (C=S) groups is 1. The van der Waals surface area contributed by atoms with Gasteiger partial charge in [0, 0.05) is 25.2 Å². The topological polar surface area (TPSA) is 41.6 Å². The zero-order valence-corrected chi connectivity index (χ0v) is 14.6. The van der Waals surface area contributed by atoms with Crippen LogP contribution < -0.4 is 10.1 Å². The molecule has 0 aliphatic carbocycles. The summed E-state index contributed by atoms with van der Waals surface area (Å²) in [6.07, 6.45) is 2.38. The third-order valence-electron chi connectivity index (χ3n) is 3.66. The zero-order valence-electron chi connectivity index (χ0n) is 13.0. The maximum absolute atomic E-state index is 12.2. The Kier molecular flexibility index (Phi) is 6.51. The molecule has 0 spiro atoms. The van der Waals surface area contributed by atoms with Gasteiger partial charge in [0.2, 0.25) is 5.91 Å². The third kappa shape index (κ3) is 4.61. The molecule has 4 nitrogen and oxygen atoms in total. The van der Waals surface area contributed by atoms with Gasteiger partial charge in [-0.1, -0.05) is 42.2 Å². The second-order valence-corrected chi connectivity index (χ2v) is 7.22. The second kappa shape index (κ2) is 8.39. The van der Waals surface area contributed by atoms with Crippen molar-refractivity contribution < 1.29 is 9.53 Å². The predicted octanol–water partition coefficient (Wildman–Crippen LogP) is 2.81. The monoisotopic (exact) mass is 338 g/mol. The average Bonchev–Trinajstić information content (AvgIpc) is 3.07. The first-order valence-corrected chi connectivity index (χ1v) is 8.75. The molecule has 6 heteroatoms. The first-order valence-electron chi connectivity index (χ1n) is 7.47. The van der Waals surface area contributed by atoms with Crippen LogP contribution in [0.3, 0.4) is 0 Å². The predicted molar refractivity (Wildman–Crippen MR) is 95.3 cm³/mol. The number of hydrogen-bond acceptors (Lipinski definition) is 4. The van der Waals surface area contributed by atoms with E-state index in [1.165, 1.54) is 24.6 Å². The minimum Gasteiger partial charge on any atom is -0.496 e. The summed E-state index contributed by atoms with van der Waals surface area (Å²) in [5.41, 5.74) is 0.970. The first-order chi connectivity index (χ1) is 10.6. The van der Waals surface area contributed by atoms with E-state index in [2.05, 4.69) is 10.2 Å². The van der Waals surface area contributed by atoms with E-state index in [0.717, 1.165) is 28.7 Å². The molecular formula is C16H22N2O2S2. The minimum atomic E-state index is -0.192. The number of rotatable bonds is 5. The zero-order chi connectivity index (χ0) is 15.9. The lowest BCUT2D eigenvalue weighted by molar-refractivity contribution is -0.120. The minimum absolute atomic E-state index is 0.00236. The van der Waals surface area contributed by atoms with E-state index in [9.17, 15) is 4.79 Å². The highest BCUT2D eigenvalue weighted by Crippen LogP contribution is 2.21. The van der Waals surface area contributed by atoms with Crippen molar-refractivity contribution in [2.24, 2.45) is 0 Å². The molecule has 0 radical (unpaired) electrons. The van der Waals surface area contributed by atoms with E-state index >= 15 is 0 Å². The fourth-order valence-corrected chi connectivity index (χ4v) is 3.79. The van der Waals surface area contributed by atoms with Crippen molar-refractivity contribution in [2.75, 3.05) is 20.2 Å². The maximum Gasteiger partial charge on any atom is 0.233 e. The van der Waals surface area contributed by atoms with Gasteiger partial charge in [-0.05, 0) is 25.8 Å². The lowest BCUT2D eigenvalue weighted by atomic mass is 10.2. The molecular weight excluding hydrogens is 316 g/mol. The van der Waals surface area contributed by atoms with Crippen LogP contribution in [0.1, 0.15) is 25.3 Å². The summed E-state index contributed by atoms with van der Waals surface area (Å²) in [5, 5.41) is 2.76. The second-order valence-electron chi connectivity index (χ2n) is 5.25. The Balaban J connectivity index is 1.82. The van der Waals surface area contributed by atoms with Crippen molar-refractivity contribution >= 4 is 34.2 Å². The van der Waals surface area contributed by atoms with E-state index in [1.54, 1.807) is 7.11 Å². The summed E-state index contributed by atoms with van der Waals surface area (Å²) in [5.74, 6) is 0.785. The highest BCUT2D eigenvalue weighted by Gasteiger charge is 2.21. The van der Waals surface area contributed by atoms with E-state index < -0.39 is 0 Å². The maximum atomic E-state index is 12.2. The van der Waals surface area contributed by atoms with Gasteiger partial charge in [-0.2, -0.15) is 0 Å². The number of thioether (sulfide) groups is 1. The van der Waals surface area contributed by atoms with Crippen LogP contribution in [-0.4, -0.2) is 40.6 Å². The highest BCUT2D eigenvalue weighted by molar-refractivity contribution is 8.23. The van der Waals surface area contributed by atoms with E-state index in [1.807, 2.05) is 31.2 Å². The largest absolute Gasteiger partial charge is 0.496 e. The van der Waals surface area contributed by atoms with Crippen molar-refractivity contribution in [3.63, 3.8) is 0 Å². The number of nitrogens with zero attached hydrogens (tertiary/aromatic N) is 1. The summed E-state index contributed by atoms with van der Waals surface area (Å²) < 4.78 is 6.12. The summed E-state index contributed by atoms with van der Waals surface area (Å²) in [6.45, 7) is 4.39. The lowest BCUT2D eigenvalue weighted by Gasteiger charge is -2.20. The Morgan fingerprint density at radius 2 is 2.09 bits per heavy atom. The molecule has 0 unspecified atom stereocenters. The Labute approximate surface area is 141 Å². The third-order valence-corrected chi connectivity index (χ3v) is 5.23. The van der Waals surface area contributed by atoms with Crippen LogP contribution in [0.15, 0.2) is 24.3 Å². The van der Waals surface area contributed by atoms with Gasteiger partial charge in [-0.15, -0.1) is 0 Å². The molecule has 1 saturated heterocycles. The van der Waals surface area contributed by atoms with Gasteiger partial charge in [0.1, 0.15) is 10.1 Å². The van der Waals surface area contributed by atoms with Crippen molar-refractivity contribution in [1.29, 1.82) is 0 Å². The van der Waals surface area contributed by atoms with Crippen LogP contribution >= 0.6 is 24.0 Å². The number of methoxy groups -OCH3 is 1. The number of hydrogen-bond donors (Lipinski definition) is 1. The fraction of sp³-hybridized carbons (Fsp3) is 0.500. The molecule has 1 aliphatic heterocycles. The molecule has 1 aliphatic rings. The fourth-order valence-electron chi connectivity index (χ4n) is 2.35. The summed E-state index contributed by atoms with van der Waals surface area (Å²) >= 11 is 6.88. The van der Waals surface area contributed by atoms with Crippen molar-refractivity contribution in [2.45, 2.75) is 31.6 Å². The molecule has 1 N–H and O–H groups in total. The number of carbonyl (C=O) groups is 1. The number of likely N-dealkylation sites (tertiary alicyclic amines) is 1. The Bertz CT molecular complexity index is 531. The number of amides is 1. The molecule has 1 aromatic carbocycles. The van der Waals surface area contributed by atoms with Gasteiger partial charge >= 0.3 is 0 Å². The van der Waals surface area contributed by atoms with Crippen LogP contribution in [0.25, 0.3) is 0 Å². The number of para-hydroxylation sites is 1. The van der Waals surface area contributed by atoms with Gasteiger partial charge in [0.05, 0.1) is 12.4 Å². The molecule has 1 atom stereocenters. The molecule has 1 amide bonds. The number of ether oxygens (including phenoxy) is 1. The SMILES string of the molecule is COc1ccccc1CNC(=O)[C@@H](C)SC(=S)N1CCCC1. The van der Waals surface area contributed by atoms with Crippen molar-refractivity contribution in [3.05, 3.63) is 29.8 Å². The molecule has 0 aromatic heterocycles. The van der Waals surface area contributed by atoms with Gasteiger partial charge in [0.15, 0.2) is 0 Å². The van der Waals surface area contributed by atoms with Gasteiger partial charge in [0.25, 0.3) is 0 Å². The summed E-state index contributed by atoms with van der Waals surface area (Å²) in [6, 6.07) is 7.69. The Hall–Kier alpha value is -1.27. The quantitative estimate of drug-likeness (QED) is 0.836. The summed E-state index contributed by atoms with van der Waals surface area (Å²) in [7, 11) is 1.63. The first kappa shape index (κ1) is 17.1. The Morgan fingerprint density at radius 3 is 2.77 bits per heavy atom. The van der Waals surface area contributed by atoms with Gasteiger partial charge < -0.3 is 15.0 Å². The molecule has 0 saturated carbocycles. The highest BCUT2D eigenvalue weighted by atomic mass is 32.2. The standard InChI is InChI=1S/C16H22N2O2S2/c1-12(22-16(21)18-9-5-6-10-18)15(19)17-11-13-7-3-4-8-14(13)20-2/h3-4,7-8,12H,5-6,9-11H2,1-2H3,(H,17,19)/t12-/m1/s1. The van der Waals surface area contributed by atoms with E-state index in [0.29, 0.717) is 6.54 Å². The van der Waals surface area contributed by atoms with Crippen LogP contribution in [0.2, 0.25) is 0 Å². The normalized spacial score (nSPS) is 15.5. The molecule has 1 heterocycles. The molecule has 120 valence electrons. The average molecular weight is 338 g/mol. The summed E-state index contributed by atoms with van der Waals surface area (Å²) in [4.78, 5) is 14.4.